The number of aliphatic hydroxyl groups excluding tert-OH is 1. The van der Waals surface area contributed by atoms with Crippen molar-refractivity contribution in [2.24, 2.45) is 17.8 Å². The molecule has 7 nitrogen and oxygen atoms in total. The zero-order valence-electron chi connectivity index (χ0n) is 22.6. The van der Waals surface area contributed by atoms with Gasteiger partial charge in [-0.25, -0.2) is 0 Å². The van der Waals surface area contributed by atoms with Crippen LogP contribution in [0.5, 0.6) is 0 Å². The van der Waals surface area contributed by atoms with Crippen LogP contribution >= 0.6 is 11.8 Å². The van der Waals surface area contributed by atoms with E-state index in [1.807, 2.05) is 35.2 Å². The molecule has 38 heavy (non-hydrogen) atoms. The van der Waals surface area contributed by atoms with Gasteiger partial charge in [-0.3, -0.25) is 14.4 Å². The molecular formula is C30H43N3O4S. The molecule has 3 saturated heterocycles. The molecule has 1 aromatic rings. The van der Waals surface area contributed by atoms with Crippen LogP contribution in [-0.4, -0.2) is 63.0 Å². The van der Waals surface area contributed by atoms with E-state index in [1.165, 1.54) is 6.42 Å². The molecule has 6 atom stereocenters. The van der Waals surface area contributed by atoms with Gasteiger partial charge in [0.2, 0.25) is 17.7 Å². The first-order valence-corrected chi connectivity index (χ1v) is 15.6. The summed E-state index contributed by atoms with van der Waals surface area (Å²) in [7, 11) is 0. The second-order valence-corrected chi connectivity index (χ2v) is 13.3. The Bertz CT molecular complexity index is 1000. The van der Waals surface area contributed by atoms with Crippen LogP contribution in [0.15, 0.2) is 30.3 Å². The Labute approximate surface area is 230 Å². The van der Waals surface area contributed by atoms with Gasteiger partial charge in [0.1, 0.15) is 6.04 Å². The first-order chi connectivity index (χ1) is 18.5. The highest BCUT2D eigenvalue weighted by molar-refractivity contribution is 8.02. The average molecular weight is 542 g/mol. The molecule has 8 heteroatoms. The standard InChI is InChI=1S/C30H43N3O4S/c1-20-18-23-24(27(35)31-19-21-12-6-4-7-13-21)25-29(37)33(16-10-2-3-11-17-34)26(30(20,25)38-23)28(36)32-22-14-8-5-9-15-22/h4,6-7,12-13,20,22-26,34H,2-3,5,8-11,14-19H2,1H3,(H,31,35)(H,32,36)/t20?,23-,24+,25-,26?,30?/m0/s1. The molecule has 1 aliphatic carbocycles. The van der Waals surface area contributed by atoms with E-state index in [9.17, 15) is 14.4 Å². The topological polar surface area (TPSA) is 98.7 Å². The number of fused-ring (bicyclic) bond motifs is 1. The molecule has 3 N–H and O–H groups in total. The maximum atomic E-state index is 14.1. The Kier molecular flexibility index (Phi) is 8.68. The van der Waals surface area contributed by atoms with Crippen molar-refractivity contribution in [1.29, 1.82) is 0 Å². The molecule has 0 radical (unpaired) electrons. The second kappa shape index (κ2) is 12.0. The quantitative estimate of drug-likeness (QED) is 0.372. The maximum Gasteiger partial charge on any atom is 0.244 e. The molecule has 3 unspecified atom stereocenters. The molecular weight excluding hydrogens is 498 g/mol. The molecule has 3 aliphatic heterocycles. The summed E-state index contributed by atoms with van der Waals surface area (Å²) < 4.78 is -0.555. The number of hydrogen-bond acceptors (Lipinski definition) is 5. The third-order valence-corrected chi connectivity index (χ3v) is 11.4. The van der Waals surface area contributed by atoms with Gasteiger partial charge in [-0.1, -0.05) is 69.4 Å². The van der Waals surface area contributed by atoms with Gasteiger partial charge in [-0.2, -0.15) is 0 Å². The van der Waals surface area contributed by atoms with Gasteiger partial charge >= 0.3 is 0 Å². The van der Waals surface area contributed by atoms with E-state index in [4.69, 9.17) is 5.11 Å². The number of unbranched alkanes of at least 4 members (excludes halogenated alkanes) is 3. The number of nitrogens with zero attached hydrogens (tertiary/aromatic N) is 1. The van der Waals surface area contributed by atoms with Gasteiger partial charge in [0.25, 0.3) is 0 Å². The summed E-state index contributed by atoms with van der Waals surface area (Å²) in [5.74, 6) is -0.778. The van der Waals surface area contributed by atoms with E-state index >= 15 is 0 Å². The van der Waals surface area contributed by atoms with E-state index in [0.29, 0.717) is 13.1 Å². The van der Waals surface area contributed by atoms with Crippen molar-refractivity contribution in [3.63, 3.8) is 0 Å². The fourth-order valence-corrected chi connectivity index (χ4v) is 9.96. The largest absolute Gasteiger partial charge is 0.396 e. The fraction of sp³-hybridized carbons (Fsp3) is 0.700. The minimum absolute atomic E-state index is 0.0163. The Morgan fingerprint density at radius 2 is 1.79 bits per heavy atom. The third-order valence-electron chi connectivity index (χ3n) is 9.36. The number of carbonyl (C=O) groups is 3. The number of rotatable bonds is 11. The summed E-state index contributed by atoms with van der Waals surface area (Å²) in [6.07, 6.45) is 9.71. The minimum atomic E-state index is -0.555. The van der Waals surface area contributed by atoms with Crippen LogP contribution in [0.2, 0.25) is 0 Å². The Morgan fingerprint density at radius 3 is 2.53 bits per heavy atom. The van der Waals surface area contributed by atoms with Gasteiger partial charge in [0.15, 0.2) is 0 Å². The van der Waals surface area contributed by atoms with E-state index in [1.54, 1.807) is 11.8 Å². The molecule has 4 aliphatic rings. The third kappa shape index (κ3) is 5.10. The van der Waals surface area contributed by atoms with Crippen molar-refractivity contribution in [2.45, 2.75) is 99.8 Å². The van der Waals surface area contributed by atoms with Gasteiger partial charge in [0.05, 0.1) is 16.6 Å². The van der Waals surface area contributed by atoms with Gasteiger partial charge in [-0.15, -0.1) is 11.8 Å². The van der Waals surface area contributed by atoms with Crippen molar-refractivity contribution in [3.05, 3.63) is 35.9 Å². The highest BCUT2D eigenvalue weighted by Gasteiger charge is 2.75. The monoisotopic (exact) mass is 541 g/mol. The lowest BCUT2D eigenvalue weighted by molar-refractivity contribution is -0.140. The number of hydrogen-bond donors (Lipinski definition) is 3. The normalized spacial score (nSPS) is 32.4. The lowest BCUT2D eigenvalue weighted by Crippen LogP contribution is -2.58. The van der Waals surface area contributed by atoms with Gasteiger partial charge in [-0.05, 0) is 43.6 Å². The van der Waals surface area contributed by atoms with E-state index in [2.05, 4.69) is 17.6 Å². The van der Waals surface area contributed by atoms with Crippen LogP contribution in [0.1, 0.15) is 76.7 Å². The maximum absolute atomic E-state index is 14.1. The predicted octanol–water partition coefficient (Wildman–Crippen LogP) is 3.64. The lowest BCUT2D eigenvalue weighted by Gasteiger charge is -2.39. The molecule has 3 heterocycles. The van der Waals surface area contributed by atoms with Crippen LogP contribution in [0.25, 0.3) is 0 Å². The number of carbonyl (C=O) groups excluding carboxylic acids is 3. The minimum Gasteiger partial charge on any atom is -0.396 e. The van der Waals surface area contributed by atoms with E-state index in [-0.39, 0.29) is 41.5 Å². The van der Waals surface area contributed by atoms with Crippen molar-refractivity contribution in [3.8, 4) is 0 Å². The predicted molar refractivity (Wildman–Crippen MR) is 149 cm³/mol. The fourth-order valence-electron chi connectivity index (χ4n) is 7.54. The molecule has 5 rings (SSSR count). The number of aliphatic hydroxyl groups is 1. The molecule has 0 aromatic heterocycles. The molecule has 1 aromatic carbocycles. The lowest BCUT2D eigenvalue weighted by atomic mass is 9.65. The molecule has 3 amide bonds. The van der Waals surface area contributed by atoms with Crippen LogP contribution < -0.4 is 10.6 Å². The van der Waals surface area contributed by atoms with Gasteiger partial charge in [0, 0.05) is 31.0 Å². The van der Waals surface area contributed by atoms with Crippen LogP contribution in [0.4, 0.5) is 0 Å². The SMILES string of the molecule is CC1C[C@@H]2SC13C(C(=O)NC1CCCCC1)N(CCCCCCO)C(=O)[C@@H]3[C@@H]2C(=O)NCc1ccccc1. The highest BCUT2D eigenvalue weighted by atomic mass is 32.2. The Balaban J connectivity index is 1.38. The highest BCUT2D eigenvalue weighted by Crippen LogP contribution is 2.68. The molecule has 1 spiro atoms. The van der Waals surface area contributed by atoms with Crippen LogP contribution in [0.3, 0.4) is 0 Å². The summed E-state index contributed by atoms with van der Waals surface area (Å²) in [5, 5.41) is 15.7. The second-order valence-electron chi connectivity index (χ2n) is 11.8. The summed E-state index contributed by atoms with van der Waals surface area (Å²) in [6, 6.07) is 9.50. The number of amides is 3. The van der Waals surface area contributed by atoms with Crippen molar-refractivity contribution < 1.29 is 19.5 Å². The average Bonchev–Trinajstić information content (AvgIpc) is 3.52. The van der Waals surface area contributed by atoms with E-state index < -0.39 is 22.6 Å². The van der Waals surface area contributed by atoms with Crippen LogP contribution in [0, 0.1) is 17.8 Å². The zero-order chi connectivity index (χ0) is 26.7. The smallest absolute Gasteiger partial charge is 0.244 e. The summed E-state index contributed by atoms with van der Waals surface area (Å²) in [5.41, 5.74) is 1.03. The van der Waals surface area contributed by atoms with Gasteiger partial charge < -0.3 is 20.6 Å². The summed E-state index contributed by atoms with van der Waals surface area (Å²) in [6.45, 7) is 3.32. The van der Waals surface area contributed by atoms with Crippen LogP contribution in [-0.2, 0) is 20.9 Å². The molecule has 208 valence electrons. The first kappa shape index (κ1) is 27.5. The number of thioether (sulfide) groups is 1. The first-order valence-electron chi connectivity index (χ1n) is 14.7. The summed E-state index contributed by atoms with van der Waals surface area (Å²) >= 11 is 1.75. The van der Waals surface area contributed by atoms with Crippen molar-refractivity contribution in [2.75, 3.05) is 13.2 Å². The number of nitrogens with one attached hydrogen (secondary N) is 2. The van der Waals surface area contributed by atoms with Crippen molar-refractivity contribution >= 4 is 29.5 Å². The summed E-state index contributed by atoms with van der Waals surface area (Å²) in [4.78, 5) is 43.6. The number of likely N-dealkylation sites (tertiary alicyclic amines) is 1. The molecule has 1 saturated carbocycles. The van der Waals surface area contributed by atoms with E-state index in [0.717, 1.165) is 63.4 Å². The Hall–Kier alpha value is -2.06. The molecule has 4 fully saturated rings. The number of benzene rings is 1. The van der Waals surface area contributed by atoms with Crippen molar-refractivity contribution in [1.82, 2.24) is 15.5 Å². The Morgan fingerprint density at radius 1 is 1.05 bits per heavy atom. The zero-order valence-corrected chi connectivity index (χ0v) is 23.4. The molecule has 2 bridgehead atoms.